The summed E-state index contributed by atoms with van der Waals surface area (Å²) in [5.41, 5.74) is 0.675. The highest BCUT2D eigenvalue weighted by molar-refractivity contribution is 9.10. The number of halogens is 3. The zero-order valence-electron chi connectivity index (χ0n) is 8.88. The second kappa shape index (κ2) is 5.40. The van der Waals surface area contributed by atoms with Gasteiger partial charge in [-0.3, -0.25) is 4.98 Å². The number of rotatable bonds is 3. The number of hydrogen-bond acceptors (Lipinski definition) is 3. The van der Waals surface area contributed by atoms with Crippen LogP contribution >= 0.6 is 39.1 Å². The third kappa shape index (κ3) is 2.65. The predicted octanol–water partition coefficient (Wildman–Crippen LogP) is 4.05. The zero-order valence-corrected chi connectivity index (χ0v) is 12.0. The molecule has 1 N–H and O–H groups in total. The van der Waals surface area contributed by atoms with Crippen LogP contribution in [0.25, 0.3) is 0 Å². The van der Waals surface area contributed by atoms with Gasteiger partial charge >= 0.3 is 0 Å². The Morgan fingerprint density at radius 2 is 2.24 bits per heavy atom. The van der Waals surface area contributed by atoms with Gasteiger partial charge < -0.3 is 9.73 Å². The van der Waals surface area contributed by atoms with E-state index in [9.17, 15) is 0 Å². The van der Waals surface area contributed by atoms with E-state index in [1.807, 2.05) is 13.1 Å². The van der Waals surface area contributed by atoms with E-state index < -0.39 is 0 Å². The molecule has 0 saturated carbocycles. The fourth-order valence-corrected chi connectivity index (χ4v) is 2.46. The number of aromatic nitrogens is 1. The van der Waals surface area contributed by atoms with E-state index in [-0.39, 0.29) is 6.04 Å². The van der Waals surface area contributed by atoms with Crippen LogP contribution in [0.5, 0.6) is 0 Å². The molecule has 0 fully saturated rings. The maximum atomic E-state index is 6.13. The van der Waals surface area contributed by atoms with Crippen LogP contribution in [0.2, 0.25) is 10.0 Å². The number of furan rings is 1. The highest BCUT2D eigenvalue weighted by atomic mass is 79.9. The monoisotopic (exact) mass is 334 g/mol. The van der Waals surface area contributed by atoms with Crippen molar-refractivity contribution in [1.82, 2.24) is 10.3 Å². The molecule has 1 atom stereocenters. The Bertz CT molecular complexity index is 530. The van der Waals surface area contributed by atoms with Gasteiger partial charge in [-0.15, -0.1) is 0 Å². The largest absolute Gasteiger partial charge is 0.466 e. The van der Waals surface area contributed by atoms with E-state index in [0.29, 0.717) is 15.7 Å². The highest BCUT2D eigenvalue weighted by Gasteiger charge is 2.22. The van der Waals surface area contributed by atoms with Crippen LogP contribution in [0.1, 0.15) is 17.5 Å². The first-order chi connectivity index (χ1) is 8.13. The quantitative estimate of drug-likeness (QED) is 0.919. The molecule has 0 amide bonds. The Labute approximate surface area is 117 Å². The SMILES string of the molecule is CNC(c1ncc(Cl)cc1Cl)c1occc1Br. The van der Waals surface area contributed by atoms with Gasteiger partial charge in [-0.2, -0.15) is 0 Å². The summed E-state index contributed by atoms with van der Waals surface area (Å²) in [6, 6.07) is 3.26. The van der Waals surface area contributed by atoms with Gasteiger partial charge in [0.2, 0.25) is 0 Å². The molecule has 2 heterocycles. The summed E-state index contributed by atoms with van der Waals surface area (Å²) >= 11 is 15.4. The van der Waals surface area contributed by atoms with Crippen LogP contribution < -0.4 is 5.32 Å². The molecule has 2 aromatic heterocycles. The Morgan fingerprint density at radius 3 is 2.76 bits per heavy atom. The fraction of sp³-hybridized carbons (Fsp3) is 0.182. The van der Waals surface area contributed by atoms with E-state index in [1.165, 1.54) is 0 Å². The van der Waals surface area contributed by atoms with E-state index in [4.69, 9.17) is 27.6 Å². The van der Waals surface area contributed by atoms with E-state index in [0.717, 1.165) is 10.2 Å². The minimum atomic E-state index is -0.218. The molecule has 0 saturated heterocycles. The third-order valence-corrected chi connectivity index (χ3v) is 3.47. The average Bonchev–Trinajstić information content (AvgIpc) is 2.69. The van der Waals surface area contributed by atoms with Crippen LogP contribution in [-0.4, -0.2) is 12.0 Å². The van der Waals surface area contributed by atoms with E-state index >= 15 is 0 Å². The van der Waals surface area contributed by atoms with Crippen LogP contribution in [0.3, 0.4) is 0 Å². The summed E-state index contributed by atoms with van der Waals surface area (Å²) in [7, 11) is 1.81. The van der Waals surface area contributed by atoms with Gasteiger partial charge in [0, 0.05) is 6.20 Å². The van der Waals surface area contributed by atoms with E-state index in [1.54, 1.807) is 18.5 Å². The third-order valence-electron chi connectivity index (χ3n) is 2.31. The number of hydrogen-bond donors (Lipinski definition) is 1. The normalized spacial score (nSPS) is 12.7. The fourth-order valence-electron chi connectivity index (χ4n) is 1.54. The average molecular weight is 336 g/mol. The first-order valence-corrected chi connectivity index (χ1v) is 6.39. The Balaban J connectivity index is 2.46. The summed E-state index contributed by atoms with van der Waals surface area (Å²) in [4.78, 5) is 4.24. The van der Waals surface area contributed by atoms with Crippen LogP contribution in [0, 0.1) is 0 Å². The molecule has 17 heavy (non-hydrogen) atoms. The van der Waals surface area contributed by atoms with Crippen molar-refractivity contribution in [2.45, 2.75) is 6.04 Å². The van der Waals surface area contributed by atoms with Gasteiger partial charge in [-0.1, -0.05) is 23.2 Å². The molecule has 0 aliphatic carbocycles. The number of pyridine rings is 1. The maximum absolute atomic E-state index is 6.13. The predicted molar refractivity (Wildman–Crippen MR) is 71.6 cm³/mol. The van der Waals surface area contributed by atoms with Crippen molar-refractivity contribution < 1.29 is 4.42 Å². The molecule has 0 bridgehead atoms. The van der Waals surface area contributed by atoms with Gasteiger partial charge in [0.25, 0.3) is 0 Å². The summed E-state index contributed by atoms with van der Waals surface area (Å²) in [5.74, 6) is 0.726. The molecule has 0 aromatic carbocycles. The molecule has 1 unspecified atom stereocenters. The summed E-state index contributed by atoms with van der Waals surface area (Å²) < 4.78 is 6.28. The van der Waals surface area contributed by atoms with Crippen molar-refractivity contribution in [1.29, 1.82) is 0 Å². The Kier molecular flexibility index (Phi) is 4.09. The molecular formula is C11H9BrCl2N2O. The lowest BCUT2D eigenvalue weighted by Crippen LogP contribution is -2.19. The molecule has 0 spiro atoms. The van der Waals surface area contributed by atoms with Crippen molar-refractivity contribution in [2.75, 3.05) is 7.05 Å². The smallest absolute Gasteiger partial charge is 0.141 e. The van der Waals surface area contributed by atoms with Crippen LogP contribution in [0.15, 0.2) is 33.5 Å². The Morgan fingerprint density at radius 1 is 1.47 bits per heavy atom. The van der Waals surface area contributed by atoms with Crippen molar-refractivity contribution in [3.8, 4) is 0 Å². The van der Waals surface area contributed by atoms with Crippen molar-refractivity contribution in [3.63, 3.8) is 0 Å². The second-order valence-corrected chi connectivity index (χ2v) is 5.07. The molecule has 2 rings (SSSR count). The van der Waals surface area contributed by atoms with Crippen molar-refractivity contribution in [3.05, 3.63) is 50.6 Å². The first-order valence-electron chi connectivity index (χ1n) is 4.84. The van der Waals surface area contributed by atoms with E-state index in [2.05, 4.69) is 26.2 Å². The molecule has 0 radical (unpaired) electrons. The maximum Gasteiger partial charge on any atom is 0.141 e. The van der Waals surface area contributed by atoms with Crippen LogP contribution in [-0.2, 0) is 0 Å². The first kappa shape index (κ1) is 12.9. The number of nitrogens with one attached hydrogen (secondary N) is 1. The molecule has 3 nitrogen and oxygen atoms in total. The summed E-state index contributed by atoms with van der Waals surface area (Å²) in [6.45, 7) is 0. The topological polar surface area (TPSA) is 38.1 Å². The van der Waals surface area contributed by atoms with Gasteiger partial charge in [-0.05, 0) is 35.1 Å². The van der Waals surface area contributed by atoms with Gasteiger partial charge in [0.15, 0.2) is 0 Å². The van der Waals surface area contributed by atoms with Gasteiger partial charge in [0.1, 0.15) is 11.8 Å². The van der Waals surface area contributed by atoms with Crippen molar-refractivity contribution >= 4 is 39.1 Å². The van der Waals surface area contributed by atoms with Crippen molar-refractivity contribution in [2.24, 2.45) is 0 Å². The molecule has 90 valence electrons. The zero-order chi connectivity index (χ0) is 12.4. The second-order valence-electron chi connectivity index (χ2n) is 3.38. The molecule has 0 aliphatic heterocycles. The standard InChI is InChI=1S/C11H9BrCl2N2O/c1-15-10(11-7(12)2-3-17-11)9-8(14)4-6(13)5-16-9/h2-5,10,15H,1H3. The lowest BCUT2D eigenvalue weighted by atomic mass is 10.1. The summed E-state index contributed by atoms with van der Waals surface area (Å²) in [6.07, 6.45) is 3.16. The Hall–Kier alpha value is -0.550. The highest BCUT2D eigenvalue weighted by Crippen LogP contribution is 2.32. The molecular weight excluding hydrogens is 327 g/mol. The minimum Gasteiger partial charge on any atom is -0.466 e. The molecule has 2 aromatic rings. The van der Waals surface area contributed by atoms with Crippen LogP contribution in [0.4, 0.5) is 0 Å². The lowest BCUT2D eigenvalue weighted by molar-refractivity contribution is 0.456. The number of nitrogens with zero attached hydrogens (tertiary/aromatic N) is 1. The minimum absolute atomic E-state index is 0.218. The summed E-state index contributed by atoms with van der Waals surface area (Å²) in [5, 5.41) is 4.11. The molecule has 6 heteroatoms. The van der Waals surface area contributed by atoms with Gasteiger partial charge in [0.05, 0.1) is 26.5 Å². The molecule has 0 aliphatic rings. The van der Waals surface area contributed by atoms with Gasteiger partial charge in [-0.25, -0.2) is 0 Å². The lowest BCUT2D eigenvalue weighted by Gasteiger charge is -2.15.